The summed E-state index contributed by atoms with van der Waals surface area (Å²) in [6, 6.07) is -1.22. The number of carboxylic acids is 1. The molecule has 106 valence electrons. The smallest absolute Gasteiger partial charge is 0.411 e. The van der Waals surface area contributed by atoms with Crippen LogP contribution in [0.15, 0.2) is 0 Å². The van der Waals surface area contributed by atoms with Crippen LogP contribution >= 0.6 is 0 Å². The number of aliphatic carboxylic acids is 1. The molecule has 0 aliphatic rings. The second kappa shape index (κ2) is 7.75. The van der Waals surface area contributed by atoms with Crippen molar-refractivity contribution in [3.05, 3.63) is 0 Å². The van der Waals surface area contributed by atoms with Crippen molar-refractivity contribution < 1.29 is 37.3 Å². The minimum atomic E-state index is -4.41. The SMILES string of the molecule is COC(=O)N[C@@H](CCCOCC(F)(F)F)C(=O)O. The normalized spacial score (nSPS) is 12.9. The average Bonchev–Trinajstić information content (AvgIpc) is 2.24. The van der Waals surface area contributed by atoms with Gasteiger partial charge in [0.15, 0.2) is 0 Å². The van der Waals surface area contributed by atoms with E-state index < -0.39 is 30.9 Å². The number of carbonyl (C=O) groups is 2. The molecule has 0 aromatic rings. The lowest BCUT2D eigenvalue weighted by Gasteiger charge is -2.13. The van der Waals surface area contributed by atoms with E-state index in [-0.39, 0.29) is 19.4 Å². The molecule has 0 aromatic heterocycles. The van der Waals surface area contributed by atoms with E-state index in [9.17, 15) is 22.8 Å². The second-order valence-corrected chi connectivity index (χ2v) is 3.34. The van der Waals surface area contributed by atoms with Crippen molar-refractivity contribution in [2.24, 2.45) is 0 Å². The highest BCUT2D eigenvalue weighted by Crippen LogP contribution is 2.14. The van der Waals surface area contributed by atoms with Crippen LogP contribution < -0.4 is 5.32 Å². The highest BCUT2D eigenvalue weighted by molar-refractivity contribution is 5.79. The lowest BCUT2D eigenvalue weighted by atomic mass is 10.1. The molecule has 1 amide bonds. The monoisotopic (exact) mass is 273 g/mol. The molecule has 0 bridgehead atoms. The molecule has 18 heavy (non-hydrogen) atoms. The van der Waals surface area contributed by atoms with Gasteiger partial charge in [-0.3, -0.25) is 0 Å². The van der Waals surface area contributed by atoms with Crippen molar-refractivity contribution in [2.45, 2.75) is 25.1 Å². The van der Waals surface area contributed by atoms with Gasteiger partial charge in [-0.15, -0.1) is 0 Å². The van der Waals surface area contributed by atoms with Gasteiger partial charge in [0, 0.05) is 6.61 Å². The molecule has 6 nitrogen and oxygen atoms in total. The summed E-state index contributed by atoms with van der Waals surface area (Å²) in [6.07, 6.45) is -5.31. The van der Waals surface area contributed by atoms with E-state index in [1.807, 2.05) is 5.32 Å². The molecule has 0 unspecified atom stereocenters. The minimum absolute atomic E-state index is 0.0533. The summed E-state index contributed by atoms with van der Waals surface area (Å²) >= 11 is 0. The predicted octanol–water partition coefficient (Wildman–Crippen LogP) is 1.15. The molecule has 9 heteroatoms. The molecule has 0 spiro atoms. The van der Waals surface area contributed by atoms with Crippen LogP contribution in [-0.4, -0.2) is 49.7 Å². The number of halogens is 3. The van der Waals surface area contributed by atoms with Gasteiger partial charge in [0.25, 0.3) is 0 Å². The van der Waals surface area contributed by atoms with Gasteiger partial charge in [-0.05, 0) is 12.8 Å². The molecule has 1 atom stereocenters. The number of methoxy groups -OCH3 is 1. The summed E-state index contributed by atoms with van der Waals surface area (Å²) in [5.41, 5.74) is 0. The standard InChI is InChI=1S/C9H14F3NO5/c1-17-8(16)13-6(7(14)15)3-2-4-18-5-9(10,11)12/h6H,2-5H2,1H3,(H,13,16)(H,14,15)/t6-/m0/s1. The number of carbonyl (C=O) groups excluding carboxylic acids is 1. The Balaban J connectivity index is 3.85. The van der Waals surface area contributed by atoms with Crippen molar-refractivity contribution in [2.75, 3.05) is 20.3 Å². The summed E-state index contributed by atoms with van der Waals surface area (Å²) in [5.74, 6) is -1.30. The molecular weight excluding hydrogens is 259 g/mol. The molecule has 0 heterocycles. The van der Waals surface area contributed by atoms with Crippen LogP contribution in [0.25, 0.3) is 0 Å². The average molecular weight is 273 g/mol. The van der Waals surface area contributed by atoms with Gasteiger partial charge < -0.3 is 19.9 Å². The van der Waals surface area contributed by atoms with Crippen LogP contribution in [-0.2, 0) is 14.3 Å². The molecule has 0 aromatic carbocycles. The van der Waals surface area contributed by atoms with Crippen molar-refractivity contribution in [3.63, 3.8) is 0 Å². The van der Waals surface area contributed by atoms with E-state index >= 15 is 0 Å². The Morgan fingerprint density at radius 3 is 2.44 bits per heavy atom. The lowest BCUT2D eigenvalue weighted by molar-refractivity contribution is -0.174. The fourth-order valence-electron chi connectivity index (χ4n) is 1.04. The Kier molecular flexibility index (Phi) is 7.10. The van der Waals surface area contributed by atoms with Crippen LogP contribution in [0.1, 0.15) is 12.8 Å². The number of nitrogens with one attached hydrogen (secondary N) is 1. The Bertz CT molecular complexity index is 282. The molecule has 0 saturated heterocycles. The van der Waals surface area contributed by atoms with E-state index in [2.05, 4.69) is 9.47 Å². The molecular formula is C9H14F3NO5. The van der Waals surface area contributed by atoms with Gasteiger partial charge in [-0.25, -0.2) is 9.59 Å². The predicted molar refractivity (Wildman–Crippen MR) is 53.1 cm³/mol. The van der Waals surface area contributed by atoms with Gasteiger partial charge in [-0.1, -0.05) is 0 Å². The van der Waals surface area contributed by atoms with E-state index in [1.54, 1.807) is 0 Å². The molecule has 0 aliphatic carbocycles. The van der Waals surface area contributed by atoms with Crippen LogP contribution in [0.3, 0.4) is 0 Å². The Hall–Kier alpha value is -1.51. The fourth-order valence-corrected chi connectivity index (χ4v) is 1.04. The number of carboxylic acid groups (broad SMARTS) is 1. The number of amides is 1. The van der Waals surface area contributed by atoms with E-state index in [0.717, 1.165) is 7.11 Å². The van der Waals surface area contributed by atoms with Crippen LogP contribution in [0.4, 0.5) is 18.0 Å². The van der Waals surface area contributed by atoms with Crippen molar-refractivity contribution >= 4 is 12.1 Å². The topological polar surface area (TPSA) is 84.9 Å². The zero-order valence-corrected chi connectivity index (χ0v) is 9.62. The third kappa shape index (κ3) is 8.62. The maximum Gasteiger partial charge on any atom is 0.411 e. The number of rotatable bonds is 7. The van der Waals surface area contributed by atoms with E-state index in [0.29, 0.717) is 0 Å². The van der Waals surface area contributed by atoms with Crippen molar-refractivity contribution in [1.82, 2.24) is 5.32 Å². The zero-order valence-electron chi connectivity index (χ0n) is 9.62. The largest absolute Gasteiger partial charge is 0.480 e. The maximum atomic E-state index is 11.7. The van der Waals surface area contributed by atoms with Crippen LogP contribution in [0.5, 0.6) is 0 Å². The zero-order chi connectivity index (χ0) is 14.2. The number of hydrogen-bond acceptors (Lipinski definition) is 4. The third-order valence-corrected chi connectivity index (χ3v) is 1.82. The molecule has 0 rings (SSSR count). The quantitative estimate of drug-likeness (QED) is 0.680. The highest BCUT2D eigenvalue weighted by Gasteiger charge is 2.27. The van der Waals surface area contributed by atoms with E-state index in [1.165, 1.54) is 0 Å². The summed E-state index contributed by atoms with van der Waals surface area (Å²) < 4.78 is 43.6. The molecule has 2 N–H and O–H groups in total. The summed E-state index contributed by atoms with van der Waals surface area (Å²) in [6.45, 7) is -1.62. The Labute approximate surface area is 101 Å². The van der Waals surface area contributed by atoms with Crippen LogP contribution in [0.2, 0.25) is 0 Å². The van der Waals surface area contributed by atoms with Gasteiger partial charge in [-0.2, -0.15) is 13.2 Å². The summed E-state index contributed by atoms with van der Waals surface area (Å²) in [5, 5.41) is 10.7. The first-order chi connectivity index (χ1) is 8.26. The number of ether oxygens (including phenoxy) is 2. The first kappa shape index (κ1) is 16.5. The molecule has 0 saturated carbocycles. The molecule has 0 aliphatic heterocycles. The second-order valence-electron chi connectivity index (χ2n) is 3.34. The molecule has 0 fully saturated rings. The van der Waals surface area contributed by atoms with Gasteiger partial charge in [0.1, 0.15) is 12.6 Å². The number of hydrogen-bond donors (Lipinski definition) is 2. The lowest BCUT2D eigenvalue weighted by Crippen LogP contribution is -2.40. The summed E-state index contributed by atoms with van der Waals surface area (Å²) in [4.78, 5) is 21.5. The van der Waals surface area contributed by atoms with E-state index in [4.69, 9.17) is 5.11 Å². The first-order valence-electron chi connectivity index (χ1n) is 4.98. The Morgan fingerprint density at radius 1 is 1.39 bits per heavy atom. The molecule has 0 radical (unpaired) electrons. The van der Waals surface area contributed by atoms with Gasteiger partial charge in [0.2, 0.25) is 0 Å². The first-order valence-corrected chi connectivity index (χ1v) is 4.98. The maximum absolute atomic E-state index is 11.7. The van der Waals surface area contributed by atoms with Gasteiger partial charge >= 0.3 is 18.2 Å². The number of alkyl halides is 3. The number of alkyl carbamates (subject to hydrolysis) is 1. The van der Waals surface area contributed by atoms with Gasteiger partial charge in [0.05, 0.1) is 7.11 Å². The van der Waals surface area contributed by atoms with Crippen molar-refractivity contribution in [1.29, 1.82) is 0 Å². The van der Waals surface area contributed by atoms with Crippen molar-refractivity contribution in [3.8, 4) is 0 Å². The highest BCUT2D eigenvalue weighted by atomic mass is 19.4. The third-order valence-electron chi connectivity index (χ3n) is 1.82. The minimum Gasteiger partial charge on any atom is -0.480 e. The fraction of sp³-hybridized carbons (Fsp3) is 0.778. The summed E-state index contributed by atoms with van der Waals surface area (Å²) in [7, 11) is 1.07. The Morgan fingerprint density at radius 2 is 2.00 bits per heavy atom. The van der Waals surface area contributed by atoms with Crippen LogP contribution in [0, 0.1) is 0 Å².